The van der Waals surface area contributed by atoms with Crippen LogP contribution in [0.5, 0.6) is 0 Å². The Labute approximate surface area is 90.5 Å². The van der Waals surface area contributed by atoms with Gasteiger partial charge < -0.3 is 15.0 Å². The zero-order chi connectivity index (χ0) is 11.4. The highest BCUT2D eigenvalue weighted by atomic mass is 16.5. The van der Waals surface area contributed by atoms with Crippen LogP contribution in [0, 0.1) is 0 Å². The molecule has 15 heavy (non-hydrogen) atoms. The van der Waals surface area contributed by atoms with Gasteiger partial charge in [0, 0.05) is 13.1 Å². The Morgan fingerprint density at radius 2 is 2.20 bits per heavy atom. The molecule has 1 atom stereocenters. The van der Waals surface area contributed by atoms with Crippen molar-refractivity contribution in [2.75, 3.05) is 20.2 Å². The Bertz CT molecular complexity index is 263. The first-order valence-corrected chi connectivity index (χ1v) is 5.23. The highest BCUT2D eigenvalue weighted by Gasteiger charge is 2.23. The van der Waals surface area contributed by atoms with E-state index in [4.69, 9.17) is 4.74 Å². The zero-order valence-corrected chi connectivity index (χ0v) is 9.78. The number of aliphatic imine (C=N–C) groups is 1. The molecule has 86 valence electrons. The molecule has 0 aromatic rings. The summed E-state index contributed by atoms with van der Waals surface area (Å²) in [5, 5.41) is 2.86. The van der Waals surface area contributed by atoms with Crippen LogP contribution in [0.1, 0.15) is 20.8 Å². The Balaban J connectivity index is 2.51. The molecule has 5 heteroatoms. The minimum absolute atomic E-state index is 0.00861. The Kier molecular flexibility index (Phi) is 3.94. The number of ether oxygens (including phenoxy) is 1. The predicted octanol–water partition coefficient (Wildman–Crippen LogP) is 0.218. The summed E-state index contributed by atoms with van der Waals surface area (Å²) in [4.78, 5) is 17.6. The molecule has 1 aliphatic rings. The van der Waals surface area contributed by atoms with E-state index in [1.54, 1.807) is 4.90 Å². The fourth-order valence-electron chi connectivity index (χ4n) is 1.28. The summed E-state index contributed by atoms with van der Waals surface area (Å²) in [6.45, 7) is 7.00. The van der Waals surface area contributed by atoms with Crippen molar-refractivity contribution in [3.63, 3.8) is 0 Å². The van der Waals surface area contributed by atoms with Crippen LogP contribution in [-0.4, -0.2) is 49.1 Å². The van der Waals surface area contributed by atoms with E-state index < -0.39 is 0 Å². The number of carbonyl (C=O) groups is 1. The molecule has 1 unspecified atom stereocenters. The van der Waals surface area contributed by atoms with Gasteiger partial charge in [-0.2, -0.15) is 0 Å². The molecule has 0 fully saturated rings. The van der Waals surface area contributed by atoms with Gasteiger partial charge in [-0.05, 0) is 20.8 Å². The molecule has 1 aliphatic heterocycles. The minimum atomic E-state index is -0.260. The Morgan fingerprint density at radius 1 is 1.53 bits per heavy atom. The molecule has 5 nitrogen and oxygen atoms in total. The van der Waals surface area contributed by atoms with Gasteiger partial charge in [0.25, 0.3) is 6.02 Å². The number of likely N-dealkylation sites (N-methyl/N-ethyl adjacent to an activating group) is 1. The molecule has 1 rings (SSSR count). The normalized spacial score (nSPS) is 17.0. The lowest BCUT2D eigenvalue weighted by Crippen LogP contribution is -2.47. The second-order valence-electron chi connectivity index (χ2n) is 3.96. The molecule has 0 bridgehead atoms. The second kappa shape index (κ2) is 5.00. The lowest BCUT2D eigenvalue weighted by molar-refractivity contribution is -0.125. The van der Waals surface area contributed by atoms with Crippen LogP contribution in [0.4, 0.5) is 0 Å². The van der Waals surface area contributed by atoms with Crippen molar-refractivity contribution in [2.45, 2.75) is 32.9 Å². The van der Waals surface area contributed by atoms with Gasteiger partial charge in [-0.1, -0.05) is 0 Å². The van der Waals surface area contributed by atoms with Gasteiger partial charge in [-0.15, -0.1) is 0 Å². The number of hydrogen-bond donors (Lipinski definition) is 1. The van der Waals surface area contributed by atoms with Gasteiger partial charge in [-0.3, -0.25) is 4.79 Å². The van der Waals surface area contributed by atoms with E-state index >= 15 is 0 Å². The first-order chi connectivity index (χ1) is 7.02. The molecular formula is C10H19N3O2. The number of nitrogens with zero attached hydrogens (tertiary/aromatic N) is 2. The van der Waals surface area contributed by atoms with Gasteiger partial charge in [0.15, 0.2) is 0 Å². The lowest BCUT2D eigenvalue weighted by Gasteiger charge is -2.25. The van der Waals surface area contributed by atoms with Crippen molar-refractivity contribution in [2.24, 2.45) is 4.99 Å². The van der Waals surface area contributed by atoms with Crippen LogP contribution in [-0.2, 0) is 9.53 Å². The monoisotopic (exact) mass is 213 g/mol. The van der Waals surface area contributed by atoms with Crippen LogP contribution in [0.15, 0.2) is 4.99 Å². The van der Waals surface area contributed by atoms with Gasteiger partial charge in [-0.25, -0.2) is 4.99 Å². The number of hydrogen-bond acceptors (Lipinski definition) is 4. The minimum Gasteiger partial charge on any atom is -0.463 e. The summed E-state index contributed by atoms with van der Waals surface area (Å²) in [7, 11) is 1.81. The highest BCUT2D eigenvalue weighted by molar-refractivity contribution is 5.86. The van der Waals surface area contributed by atoms with E-state index in [9.17, 15) is 4.79 Å². The summed E-state index contributed by atoms with van der Waals surface area (Å²) >= 11 is 0. The van der Waals surface area contributed by atoms with Crippen LogP contribution in [0.25, 0.3) is 0 Å². The Hall–Kier alpha value is -1.26. The fourth-order valence-corrected chi connectivity index (χ4v) is 1.28. The third-order valence-electron chi connectivity index (χ3n) is 2.26. The van der Waals surface area contributed by atoms with E-state index in [0.29, 0.717) is 19.2 Å². The molecule has 0 saturated heterocycles. The largest absolute Gasteiger partial charge is 0.463 e. The zero-order valence-electron chi connectivity index (χ0n) is 9.78. The summed E-state index contributed by atoms with van der Waals surface area (Å²) in [6, 6.07) is 0.449. The number of carbonyl (C=O) groups excluding carboxylic acids is 1. The average molecular weight is 213 g/mol. The second-order valence-corrected chi connectivity index (χ2v) is 3.96. The summed E-state index contributed by atoms with van der Waals surface area (Å²) in [5.74, 6) is -0.00861. The predicted molar refractivity (Wildman–Crippen MR) is 58.8 cm³/mol. The maximum Gasteiger partial charge on any atom is 0.287 e. The molecule has 0 aliphatic carbocycles. The maximum atomic E-state index is 11.7. The van der Waals surface area contributed by atoms with Crippen molar-refractivity contribution in [1.29, 1.82) is 0 Å². The van der Waals surface area contributed by atoms with E-state index in [-0.39, 0.29) is 18.0 Å². The van der Waals surface area contributed by atoms with E-state index in [1.165, 1.54) is 0 Å². The SMILES string of the molecule is CC(C)NC(=O)C(C)N(C)C1=NCCO1. The first kappa shape index (κ1) is 11.8. The topological polar surface area (TPSA) is 53.9 Å². The number of amidine groups is 1. The third kappa shape index (κ3) is 3.11. The molecule has 0 radical (unpaired) electrons. The van der Waals surface area contributed by atoms with Crippen molar-refractivity contribution >= 4 is 11.9 Å². The van der Waals surface area contributed by atoms with Crippen LogP contribution in [0.2, 0.25) is 0 Å². The number of rotatable bonds is 3. The van der Waals surface area contributed by atoms with Gasteiger partial charge in [0.2, 0.25) is 5.91 Å². The standard InChI is InChI=1S/C10H19N3O2/c1-7(2)12-9(14)8(3)13(4)10-11-5-6-15-10/h7-8H,5-6H2,1-4H3,(H,12,14). The first-order valence-electron chi connectivity index (χ1n) is 5.23. The molecule has 0 aromatic heterocycles. The lowest BCUT2D eigenvalue weighted by atomic mass is 10.2. The van der Waals surface area contributed by atoms with Gasteiger partial charge in [0.05, 0.1) is 6.54 Å². The quantitative estimate of drug-likeness (QED) is 0.729. The third-order valence-corrected chi connectivity index (χ3v) is 2.26. The highest BCUT2D eigenvalue weighted by Crippen LogP contribution is 2.04. The summed E-state index contributed by atoms with van der Waals surface area (Å²) in [5.41, 5.74) is 0. The molecule has 1 amide bonds. The molecule has 0 aromatic carbocycles. The fraction of sp³-hybridized carbons (Fsp3) is 0.800. The number of amides is 1. The summed E-state index contributed by atoms with van der Waals surface area (Å²) < 4.78 is 5.29. The van der Waals surface area contributed by atoms with E-state index in [0.717, 1.165) is 0 Å². The molecular weight excluding hydrogens is 194 g/mol. The Morgan fingerprint density at radius 3 is 2.67 bits per heavy atom. The number of nitrogens with one attached hydrogen (secondary N) is 1. The molecule has 0 saturated carbocycles. The van der Waals surface area contributed by atoms with E-state index in [2.05, 4.69) is 10.3 Å². The maximum absolute atomic E-state index is 11.7. The molecule has 1 N–H and O–H groups in total. The molecule has 0 spiro atoms. The summed E-state index contributed by atoms with van der Waals surface area (Å²) in [6.07, 6.45) is 0. The van der Waals surface area contributed by atoms with E-state index in [1.807, 2.05) is 27.8 Å². The van der Waals surface area contributed by atoms with Crippen molar-refractivity contribution < 1.29 is 9.53 Å². The van der Waals surface area contributed by atoms with Crippen molar-refractivity contribution in [3.05, 3.63) is 0 Å². The van der Waals surface area contributed by atoms with Crippen LogP contribution >= 0.6 is 0 Å². The average Bonchev–Trinajstić information content (AvgIpc) is 2.67. The van der Waals surface area contributed by atoms with Crippen molar-refractivity contribution in [3.8, 4) is 0 Å². The van der Waals surface area contributed by atoms with Gasteiger partial charge in [0.1, 0.15) is 12.6 Å². The molecule has 1 heterocycles. The van der Waals surface area contributed by atoms with Crippen LogP contribution < -0.4 is 5.32 Å². The van der Waals surface area contributed by atoms with Crippen LogP contribution in [0.3, 0.4) is 0 Å². The van der Waals surface area contributed by atoms with Crippen molar-refractivity contribution in [1.82, 2.24) is 10.2 Å². The van der Waals surface area contributed by atoms with Gasteiger partial charge >= 0.3 is 0 Å². The smallest absolute Gasteiger partial charge is 0.287 e.